The van der Waals surface area contributed by atoms with Crippen molar-refractivity contribution in [2.75, 3.05) is 11.9 Å². The maximum absolute atomic E-state index is 11.9. The SMILES string of the molecule is N#Cc1ccc(NC(=O)COc2ccn(-c3ccccc3)n2)cc1. The number of carbonyl (C=O) groups is 1. The molecule has 2 aromatic carbocycles. The van der Waals surface area contributed by atoms with Crippen LogP contribution in [0, 0.1) is 11.3 Å². The predicted molar refractivity (Wildman–Crippen MR) is 88.8 cm³/mol. The maximum Gasteiger partial charge on any atom is 0.262 e. The van der Waals surface area contributed by atoms with Crippen LogP contribution in [0.2, 0.25) is 0 Å². The van der Waals surface area contributed by atoms with Crippen LogP contribution < -0.4 is 10.1 Å². The Hall–Kier alpha value is -3.59. The lowest BCUT2D eigenvalue weighted by Crippen LogP contribution is -2.20. The van der Waals surface area contributed by atoms with Crippen molar-refractivity contribution in [2.24, 2.45) is 0 Å². The predicted octanol–water partition coefficient (Wildman–Crippen LogP) is 2.76. The molecule has 0 fully saturated rings. The molecular formula is C18H14N4O2. The number of hydrogen-bond acceptors (Lipinski definition) is 4. The smallest absolute Gasteiger partial charge is 0.262 e. The van der Waals surface area contributed by atoms with Crippen molar-refractivity contribution in [1.29, 1.82) is 5.26 Å². The van der Waals surface area contributed by atoms with Gasteiger partial charge >= 0.3 is 0 Å². The lowest BCUT2D eigenvalue weighted by atomic mass is 10.2. The van der Waals surface area contributed by atoms with E-state index in [2.05, 4.69) is 10.4 Å². The number of para-hydroxylation sites is 1. The van der Waals surface area contributed by atoms with Gasteiger partial charge in [-0.1, -0.05) is 18.2 Å². The quantitative estimate of drug-likeness (QED) is 0.784. The van der Waals surface area contributed by atoms with E-state index in [1.807, 2.05) is 36.4 Å². The zero-order valence-corrected chi connectivity index (χ0v) is 12.7. The second kappa shape index (κ2) is 7.11. The van der Waals surface area contributed by atoms with E-state index in [1.165, 1.54) is 0 Å². The zero-order chi connectivity index (χ0) is 16.8. The van der Waals surface area contributed by atoms with E-state index in [4.69, 9.17) is 10.00 Å². The van der Waals surface area contributed by atoms with E-state index < -0.39 is 0 Å². The molecule has 0 aliphatic rings. The van der Waals surface area contributed by atoms with E-state index in [9.17, 15) is 4.79 Å². The van der Waals surface area contributed by atoms with Crippen molar-refractivity contribution in [3.63, 3.8) is 0 Å². The molecule has 6 heteroatoms. The normalized spacial score (nSPS) is 9.96. The number of ether oxygens (including phenoxy) is 1. The first-order valence-electron chi connectivity index (χ1n) is 7.28. The van der Waals surface area contributed by atoms with Gasteiger partial charge in [-0.25, -0.2) is 4.68 Å². The summed E-state index contributed by atoms with van der Waals surface area (Å²) in [6.07, 6.45) is 1.77. The molecule has 1 heterocycles. The summed E-state index contributed by atoms with van der Waals surface area (Å²) < 4.78 is 7.07. The average molecular weight is 318 g/mol. The van der Waals surface area contributed by atoms with E-state index in [0.29, 0.717) is 17.1 Å². The summed E-state index contributed by atoms with van der Waals surface area (Å²) in [5.74, 6) is 0.0720. The Morgan fingerprint density at radius 2 is 1.88 bits per heavy atom. The lowest BCUT2D eigenvalue weighted by molar-refractivity contribution is -0.118. The molecule has 0 aliphatic carbocycles. The third-order valence-electron chi connectivity index (χ3n) is 3.23. The number of carbonyl (C=O) groups excluding carboxylic acids is 1. The second-order valence-electron chi connectivity index (χ2n) is 4.96. The van der Waals surface area contributed by atoms with Gasteiger partial charge in [-0.3, -0.25) is 4.79 Å². The molecule has 3 aromatic rings. The molecule has 1 amide bonds. The monoisotopic (exact) mass is 318 g/mol. The second-order valence-corrected chi connectivity index (χ2v) is 4.96. The fourth-order valence-corrected chi connectivity index (χ4v) is 2.07. The molecule has 0 atom stereocenters. The molecule has 0 unspecified atom stereocenters. The highest BCUT2D eigenvalue weighted by Gasteiger charge is 2.06. The Morgan fingerprint density at radius 1 is 1.12 bits per heavy atom. The number of anilines is 1. The number of benzene rings is 2. The van der Waals surface area contributed by atoms with Gasteiger partial charge in [0.2, 0.25) is 5.88 Å². The molecule has 0 spiro atoms. The third kappa shape index (κ3) is 3.78. The molecule has 6 nitrogen and oxygen atoms in total. The van der Waals surface area contributed by atoms with Crippen LogP contribution in [-0.2, 0) is 4.79 Å². The van der Waals surface area contributed by atoms with E-state index in [0.717, 1.165) is 5.69 Å². The van der Waals surface area contributed by atoms with Gasteiger partial charge in [0.25, 0.3) is 5.91 Å². The zero-order valence-electron chi connectivity index (χ0n) is 12.7. The molecule has 0 saturated heterocycles. The number of rotatable bonds is 5. The van der Waals surface area contributed by atoms with Crippen LogP contribution in [0.3, 0.4) is 0 Å². The Balaban J connectivity index is 1.55. The highest BCUT2D eigenvalue weighted by Crippen LogP contribution is 2.12. The topological polar surface area (TPSA) is 79.9 Å². The first-order chi connectivity index (χ1) is 11.7. The molecule has 24 heavy (non-hydrogen) atoms. The Kier molecular flexibility index (Phi) is 4.54. The van der Waals surface area contributed by atoms with Crippen LogP contribution in [0.5, 0.6) is 5.88 Å². The Labute approximate surface area is 138 Å². The minimum atomic E-state index is -0.297. The number of amides is 1. The van der Waals surface area contributed by atoms with Gasteiger partial charge in [-0.2, -0.15) is 5.26 Å². The van der Waals surface area contributed by atoms with Gasteiger partial charge in [0.1, 0.15) is 0 Å². The van der Waals surface area contributed by atoms with Crippen LogP contribution in [0.1, 0.15) is 5.56 Å². The van der Waals surface area contributed by atoms with Crippen LogP contribution in [-0.4, -0.2) is 22.3 Å². The van der Waals surface area contributed by atoms with Crippen molar-refractivity contribution in [3.05, 3.63) is 72.4 Å². The van der Waals surface area contributed by atoms with Crippen molar-refractivity contribution in [2.45, 2.75) is 0 Å². The number of nitrogens with one attached hydrogen (secondary N) is 1. The van der Waals surface area contributed by atoms with Gasteiger partial charge < -0.3 is 10.1 Å². The minimum Gasteiger partial charge on any atom is -0.466 e. The molecule has 3 rings (SSSR count). The first-order valence-corrected chi connectivity index (χ1v) is 7.28. The summed E-state index contributed by atoms with van der Waals surface area (Å²) in [5.41, 5.74) is 2.06. The van der Waals surface area contributed by atoms with Gasteiger partial charge in [0.15, 0.2) is 6.61 Å². The molecule has 0 radical (unpaired) electrons. The number of nitriles is 1. The summed E-state index contributed by atoms with van der Waals surface area (Å²) in [6, 6.07) is 19.9. The van der Waals surface area contributed by atoms with Gasteiger partial charge in [0, 0.05) is 18.0 Å². The number of hydrogen-bond donors (Lipinski definition) is 1. The van der Waals surface area contributed by atoms with Gasteiger partial charge in [-0.15, -0.1) is 5.10 Å². The molecule has 1 N–H and O–H groups in total. The largest absolute Gasteiger partial charge is 0.466 e. The van der Waals surface area contributed by atoms with E-state index in [-0.39, 0.29) is 12.5 Å². The summed E-state index contributed by atoms with van der Waals surface area (Å²) in [6.45, 7) is -0.147. The third-order valence-corrected chi connectivity index (χ3v) is 3.23. The standard InChI is InChI=1S/C18H14N4O2/c19-12-14-6-8-15(9-7-14)20-17(23)13-24-18-10-11-22(21-18)16-4-2-1-3-5-16/h1-11H,13H2,(H,20,23). The van der Waals surface area contributed by atoms with Crippen molar-refractivity contribution < 1.29 is 9.53 Å². The number of aromatic nitrogens is 2. The number of nitrogens with zero attached hydrogens (tertiary/aromatic N) is 3. The average Bonchev–Trinajstić information content (AvgIpc) is 3.10. The Morgan fingerprint density at radius 3 is 2.58 bits per heavy atom. The maximum atomic E-state index is 11.9. The van der Waals surface area contributed by atoms with Crippen LogP contribution in [0.15, 0.2) is 66.9 Å². The summed E-state index contributed by atoms with van der Waals surface area (Å²) >= 11 is 0. The molecule has 0 saturated carbocycles. The molecule has 0 bridgehead atoms. The first kappa shape index (κ1) is 15.3. The van der Waals surface area contributed by atoms with Crippen LogP contribution in [0.25, 0.3) is 5.69 Å². The summed E-state index contributed by atoms with van der Waals surface area (Å²) in [4.78, 5) is 11.9. The summed E-state index contributed by atoms with van der Waals surface area (Å²) in [5, 5.41) is 15.7. The summed E-state index contributed by atoms with van der Waals surface area (Å²) in [7, 11) is 0. The molecule has 118 valence electrons. The van der Waals surface area contributed by atoms with Gasteiger partial charge in [0.05, 0.1) is 17.3 Å². The minimum absolute atomic E-state index is 0.147. The van der Waals surface area contributed by atoms with Crippen molar-refractivity contribution in [1.82, 2.24) is 9.78 Å². The highest BCUT2D eigenvalue weighted by atomic mass is 16.5. The van der Waals surface area contributed by atoms with E-state index >= 15 is 0 Å². The van der Waals surface area contributed by atoms with E-state index in [1.54, 1.807) is 41.2 Å². The fraction of sp³-hybridized carbons (Fsp3) is 0.0556. The van der Waals surface area contributed by atoms with Crippen LogP contribution >= 0.6 is 0 Å². The van der Waals surface area contributed by atoms with Crippen molar-refractivity contribution >= 4 is 11.6 Å². The molecule has 0 aliphatic heterocycles. The Bertz CT molecular complexity index is 864. The van der Waals surface area contributed by atoms with Crippen LogP contribution in [0.4, 0.5) is 5.69 Å². The molecule has 1 aromatic heterocycles. The highest BCUT2D eigenvalue weighted by molar-refractivity contribution is 5.91. The van der Waals surface area contributed by atoms with Gasteiger partial charge in [-0.05, 0) is 36.4 Å². The van der Waals surface area contributed by atoms with Crippen molar-refractivity contribution in [3.8, 4) is 17.6 Å². The molecular weight excluding hydrogens is 304 g/mol. The lowest BCUT2D eigenvalue weighted by Gasteiger charge is -2.05. The fourth-order valence-electron chi connectivity index (χ4n) is 2.07.